The van der Waals surface area contributed by atoms with Gasteiger partial charge in [0.15, 0.2) is 5.06 Å². The molecule has 7 nitrogen and oxygen atoms in total. The third kappa shape index (κ3) is 6.09. The van der Waals surface area contributed by atoms with E-state index in [-0.39, 0.29) is 0 Å². The summed E-state index contributed by atoms with van der Waals surface area (Å²) in [5, 5.41) is 20.5. The minimum absolute atomic E-state index is 0.354. The molecule has 47 heavy (non-hydrogen) atoms. The molecule has 0 saturated heterocycles. The van der Waals surface area contributed by atoms with Crippen LogP contribution in [0.5, 0.6) is 5.06 Å². The Balaban J connectivity index is 0.887. The summed E-state index contributed by atoms with van der Waals surface area (Å²) in [7, 11) is 0. The van der Waals surface area contributed by atoms with Crippen LogP contribution in [0.2, 0.25) is 0 Å². The molecule has 2 aromatic carbocycles. The lowest BCUT2D eigenvalue weighted by Gasteiger charge is -2.07. The summed E-state index contributed by atoms with van der Waals surface area (Å²) >= 11 is 7.78. The maximum absolute atomic E-state index is 10.2. The first-order chi connectivity index (χ1) is 22.9. The standard InChI is InChI=1S/C37H36N4O3S3/c1-22-4-8-24(9-5-22)18-40-34-28(14-26-16-32(42)46-36(26)34)30(38-40)20-43-12-3-13-44-21-31-29-15-27-17-33(45)47-37(27)35(29)41(39-31)19-25-10-6-23(2)7-11-25/h4-11,16-17,42,45H,3,12-15,18-21H2,1-2H3. The van der Waals surface area contributed by atoms with Crippen molar-refractivity contribution in [3.8, 4) is 26.2 Å². The lowest BCUT2D eigenvalue weighted by molar-refractivity contribution is 0.0667. The molecular formula is C37H36N4O3S3. The van der Waals surface area contributed by atoms with E-state index in [2.05, 4.69) is 90.4 Å². The first-order valence-electron chi connectivity index (χ1n) is 16.0. The van der Waals surface area contributed by atoms with E-state index in [1.165, 1.54) is 66.4 Å². The smallest absolute Gasteiger partial charge is 0.172 e. The van der Waals surface area contributed by atoms with Crippen LogP contribution in [0.1, 0.15) is 62.3 Å². The van der Waals surface area contributed by atoms with Crippen LogP contribution in [0.3, 0.4) is 0 Å². The molecule has 0 atom stereocenters. The fourth-order valence-electron chi connectivity index (χ4n) is 6.64. The monoisotopic (exact) mass is 680 g/mol. The summed E-state index contributed by atoms with van der Waals surface area (Å²) < 4.78 is 17.6. The van der Waals surface area contributed by atoms with E-state index in [0.717, 1.165) is 52.0 Å². The van der Waals surface area contributed by atoms with E-state index in [9.17, 15) is 5.11 Å². The SMILES string of the molecule is Cc1ccc(Cn2nc(COCCCOCc3nn(Cc4ccc(C)cc4)c4c3Cc3cc(S)sc3-4)c3c2-c2sc(O)cc2C3)cc1. The van der Waals surface area contributed by atoms with Crippen molar-refractivity contribution in [2.45, 2.75) is 63.6 Å². The van der Waals surface area contributed by atoms with Crippen molar-refractivity contribution in [3.63, 3.8) is 0 Å². The van der Waals surface area contributed by atoms with Crippen molar-refractivity contribution >= 4 is 35.3 Å². The van der Waals surface area contributed by atoms with E-state index in [0.29, 0.717) is 38.0 Å². The number of hydrogen-bond donors (Lipinski definition) is 2. The Morgan fingerprint density at radius 3 is 1.74 bits per heavy atom. The molecule has 0 saturated carbocycles. The zero-order chi connectivity index (χ0) is 32.1. The summed E-state index contributed by atoms with van der Waals surface area (Å²) in [6.45, 7) is 7.75. The fourth-order valence-corrected chi connectivity index (χ4v) is 9.07. The molecule has 2 aliphatic rings. The minimum atomic E-state index is 0.354. The summed E-state index contributed by atoms with van der Waals surface area (Å²) in [5.74, 6) is 0. The molecule has 2 aliphatic carbocycles. The van der Waals surface area contributed by atoms with Crippen molar-refractivity contribution in [2.24, 2.45) is 0 Å². The second-order valence-electron chi connectivity index (χ2n) is 12.5. The quantitative estimate of drug-likeness (QED) is 0.101. The van der Waals surface area contributed by atoms with Crippen LogP contribution in [-0.4, -0.2) is 37.9 Å². The summed E-state index contributed by atoms with van der Waals surface area (Å²) in [6.07, 6.45) is 2.45. The molecule has 0 fully saturated rings. The van der Waals surface area contributed by atoms with Crippen molar-refractivity contribution in [3.05, 3.63) is 117 Å². The van der Waals surface area contributed by atoms with Crippen LogP contribution in [0, 0.1) is 13.8 Å². The molecule has 0 aliphatic heterocycles. The Morgan fingerprint density at radius 1 is 0.723 bits per heavy atom. The number of aromatic hydroxyl groups is 1. The highest BCUT2D eigenvalue weighted by atomic mass is 32.2. The Kier molecular flexibility index (Phi) is 8.31. The van der Waals surface area contributed by atoms with Crippen molar-refractivity contribution < 1.29 is 14.6 Å². The van der Waals surface area contributed by atoms with Crippen molar-refractivity contribution in [2.75, 3.05) is 13.2 Å². The van der Waals surface area contributed by atoms with Gasteiger partial charge in [-0.3, -0.25) is 9.36 Å². The van der Waals surface area contributed by atoms with E-state index < -0.39 is 0 Å². The van der Waals surface area contributed by atoms with Crippen molar-refractivity contribution in [1.29, 1.82) is 0 Å². The van der Waals surface area contributed by atoms with E-state index in [1.54, 1.807) is 11.3 Å². The zero-order valence-corrected chi connectivity index (χ0v) is 29.0. The normalized spacial score (nSPS) is 12.8. The number of ether oxygens (including phenoxy) is 2. The van der Waals surface area contributed by atoms with Gasteiger partial charge in [-0.1, -0.05) is 71.0 Å². The number of benzene rings is 2. The highest BCUT2D eigenvalue weighted by Gasteiger charge is 2.31. The first-order valence-corrected chi connectivity index (χ1v) is 18.1. The molecule has 8 rings (SSSR count). The molecule has 0 unspecified atom stereocenters. The van der Waals surface area contributed by atoms with Gasteiger partial charge in [0, 0.05) is 37.2 Å². The predicted molar refractivity (Wildman–Crippen MR) is 190 cm³/mol. The molecule has 0 radical (unpaired) electrons. The van der Waals surface area contributed by atoms with Gasteiger partial charge >= 0.3 is 0 Å². The van der Waals surface area contributed by atoms with Crippen LogP contribution < -0.4 is 0 Å². The Labute approximate surface area is 287 Å². The van der Waals surface area contributed by atoms with Gasteiger partial charge in [-0.25, -0.2) is 0 Å². The van der Waals surface area contributed by atoms with Gasteiger partial charge in [0.05, 0.1) is 63.0 Å². The number of aromatic nitrogens is 4. The molecule has 240 valence electrons. The third-order valence-electron chi connectivity index (χ3n) is 8.98. The molecule has 6 aromatic rings. The highest BCUT2D eigenvalue weighted by molar-refractivity contribution is 7.83. The Hall–Kier alpha value is -3.67. The van der Waals surface area contributed by atoms with Gasteiger partial charge < -0.3 is 14.6 Å². The molecule has 4 heterocycles. The molecule has 0 amide bonds. The summed E-state index contributed by atoms with van der Waals surface area (Å²) in [5.41, 5.74) is 14.2. The van der Waals surface area contributed by atoms with Crippen LogP contribution >= 0.6 is 35.3 Å². The largest absolute Gasteiger partial charge is 0.499 e. The molecule has 0 bridgehead atoms. The number of thiol groups is 1. The average molecular weight is 681 g/mol. The number of nitrogens with zero attached hydrogens (tertiary/aromatic N) is 4. The molecule has 4 aromatic heterocycles. The second-order valence-corrected chi connectivity index (χ2v) is 15.4. The second kappa shape index (κ2) is 12.7. The molecule has 1 N–H and O–H groups in total. The zero-order valence-electron chi connectivity index (χ0n) is 26.5. The van der Waals surface area contributed by atoms with Crippen LogP contribution in [-0.2, 0) is 48.6 Å². The lowest BCUT2D eigenvalue weighted by atomic mass is 10.1. The minimum Gasteiger partial charge on any atom is -0.499 e. The van der Waals surface area contributed by atoms with Gasteiger partial charge in [0.1, 0.15) is 0 Å². The number of rotatable bonds is 12. The van der Waals surface area contributed by atoms with Gasteiger partial charge in [-0.15, -0.1) is 24.0 Å². The topological polar surface area (TPSA) is 74.3 Å². The first kappa shape index (κ1) is 30.7. The van der Waals surface area contributed by atoms with Gasteiger partial charge in [0.25, 0.3) is 0 Å². The van der Waals surface area contributed by atoms with Gasteiger partial charge in [-0.2, -0.15) is 10.2 Å². The number of hydrogen-bond acceptors (Lipinski definition) is 8. The fraction of sp³-hybridized carbons (Fsp3) is 0.297. The Morgan fingerprint density at radius 2 is 1.21 bits per heavy atom. The molecule has 10 heteroatoms. The number of aryl methyl sites for hydroxylation is 2. The molecular weight excluding hydrogens is 645 g/mol. The highest BCUT2D eigenvalue weighted by Crippen LogP contribution is 2.47. The maximum Gasteiger partial charge on any atom is 0.172 e. The number of thiophene rings is 2. The Bertz CT molecular complexity index is 1920. The average Bonchev–Trinajstić information content (AvgIpc) is 3.87. The van der Waals surface area contributed by atoms with E-state index in [4.69, 9.17) is 19.7 Å². The van der Waals surface area contributed by atoms with E-state index in [1.807, 2.05) is 6.07 Å². The third-order valence-corrected chi connectivity index (χ3v) is 11.4. The number of fused-ring (bicyclic) bond motifs is 6. The van der Waals surface area contributed by atoms with Crippen LogP contribution in [0.4, 0.5) is 0 Å². The van der Waals surface area contributed by atoms with Crippen molar-refractivity contribution in [1.82, 2.24) is 19.6 Å². The predicted octanol–water partition coefficient (Wildman–Crippen LogP) is 8.18. The van der Waals surface area contributed by atoms with Crippen LogP contribution in [0.15, 0.2) is 64.9 Å². The van der Waals surface area contributed by atoms with E-state index >= 15 is 0 Å². The summed E-state index contributed by atoms with van der Waals surface area (Å²) in [4.78, 5) is 2.40. The summed E-state index contributed by atoms with van der Waals surface area (Å²) in [6, 6.07) is 21.3. The van der Waals surface area contributed by atoms with Gasteiger partial charge in [-0.05, 0) is 54.7 Å². The lowest BCUT2D eigenvalue weighted by Crippen LogP contribution is -2.06. The van der Waals surface area contributed by atoms with Gasteiger partial charge in [0.2, 0.25) is 0 Å². The maximum atomic E-state index is 10.2. The molecule has 0 spiro atoms. The van der Waals surface area contributed by atoms with Crippen LogP contribution in [0.25, 0.3) is 21.1 Å².